The van der Waals surface area contributed by atoms with Gasteiger partial charge in [-0.2, -0.15) is 8.78 Å². The third-order valence-electron chi connectivity index (χ3n) is 4.01. The largest absolute Gasteiger partial charge is 0.493 e. The minimum absolute atomic E-state index is 0.00766. The van der Waals surface area contributed by atoms with Gasteiger partial charge in [-0.3, -0.25) is 4.79 Å². The first kappa shape index (κ1) is 18.8. The van der Waals surface area contributed by atoms with Crippen molar-refractivity contribution in [2.24, 2.45) is 0 Å². The Morgan fingerprint density at radius 3 is 2.67 bits per heavy atom. The van der Waals surface area contributed by atoms with Crippen molar-refractivity contribution in [2.45, 2.75) is 56.3 Å². The van der Waals surface area contributed by atoms with Gasteiger partial charge in [-0.1, -0.05) is 18.9 Å². The van der Waals surface area contributed by atoms with Crippen molar-refractivity contribution in [3.05, 3.63) is 23.8 Å². The van der Waals surface area contributed by atoms with E-state index >= 15 is 0 Å². The van der Waals surface area contributed by atoms with Crippen LogP contribution < -0.4 is 14.8 Å². The molecule has 1 aliphatic carbocycles. The number of hydrogen-bond donors (Lipinski definition) is 1. The highest BCUT2D eigenvalue weighted by molar-refractivity contribution is 7.99. The molecule has 0 radical (unpaired) electrons. The summed E-state index contributed by atoms with van der Waals surface area (Å²) >= 11 is 1.50. The lowest BCUT2D eigenvalue weighted by molar-refractivity contribution is -0.120. The molecular formula is C17H23F2NO3S. The third-order valence-corrected chi connectivity index (χ3v) is 5.23. The van der Waals surface area contributed by atoms with Gasteiger partial charge in [-0.05, 0) is 37.5 Å². The van der Waals surface area contributed by atoms with Gasteiger partial charge in [0.15, 0.2) is 11.5 Å². The highest BCUT2D eigenvalue weighted by Crippen LogP contribution is 2.31. The molecule has 1 atom stereocenters. The number of rotatable bonds is 8. The van der Waals surface area contributed by atoms with Gasteiger partial charge in [-0.15, -0.1) is 11.8 Å². The highest BCUT2D eigenvalue weighted by atomic mass is 32.2. The van der Waals surface area contributed by atoms with Crippen LogP contribution in [0.2, 0.25) is 0 Å². The number of amides is 1. The molecule has 0 heterocycles. The number of carbonyl (C=O) groups is 1. The number of halogens is 2. The Labute approximate surface area is 145 Å². The van der Waals surface area contributed by atoms with Crippen LogP contribution in [0.25, 0.3) is 0 Å². The fourth-order valence-electron chi connectivity index (χ4n) is 2.68. The normalized spacial score (nSPS) is 16.2. The van der Waals surface area contributed by atoms with E-state index in [2.05, 4.69) is 10.1 Å². The topological polar surface area (TPSA) is 47.6 Å². The van der Waals surface area contributed by atoms with Crippen molar-refractivity contribution >= 4 is 17.7 Å². The van der Waals surface area contributed by atoms with Crippen molar-refractivity contribution in [1.82, 2.24) is 5.32 Å². The standard InChI is InChI=1S/C17H23F2NO3S/c1-11(16(21)20-13-5-3-4-6-13)24-10-12-7-8-14(23-17(18)19)15(9-12)22-2/h7-9,11,13,17H,3-6,10H2,1-2H3,(H,20,21). The monoisotopic (exact) mass is 359 g/mol. The molecule has 1 unspecified atom stereocenters. The molecule has 0 aliphatic heterocycles. The maximum Gasteiger partial charge on any atom is 0.387 e. The number of thioether (sulfide) groups is 1. The molecule has 2 rings (SSSR count). The van der Waals surface area contributed by atoms with E-state index in [1.165, 1.54) is 37.8 Å². The van der Waals surface area contributed by atoms with Crippen LogP contribution in [0.15, 0.2) is 18.2 Å². The van der Waals surface area contributed by atoms with Crippen LogP contribution >= 0.6 is 11.8 Å². The van der Waals surface area contributed by atoms with Gasteiger partial charge in [0.25, 0.3) is 0 Å². The van der Waals surface area contributed by atoms with E-state index in [0.717, 1.165) is 18.4 Å². The van der Waals surface area contributed by atoms with E-state index in [1.54, 1.807) is 12.1 Å². The molecule has 1 saturated carbocycles. The van der Waals surface area contributed by atoms with Crippen LogP contribution in [-0.2, 0) is 10.5 Å². The van der Waals surface area contributed by atoms with Gasteiger partial charge in [0.1, 0.15) is 0 Å². The molecule has 7 heteroatoms. The molecule has 1 aromatic rings. The maximum absolute atomic E-state index is 12.3. The molecular weight excluding hydrogens is 336 g/mol. The predicted octanol–water partition coefficient (Wildman–Crippen LogP) is 3.98. The third kappa shape index (κ3) is 5.54. The SMILES string of the molecule is COc1cc(CSC(C)C(=O)NC2CCCC2)ccc1OC(F)F. The summed E-state index contributed by atoms with van der Waals surface area (Å²) < 4.78 is 34.1. The number of hydrogen-bond acceptors (Lipinski definition) is 4. The van der Waals surface area contributed by atoms with E-state index in [4.69, 9.17) is 4.74 Å². The summed E-state index contributed by atoms with van der Waals surface area (Å²) in [6.45, 7) is -1.01. The lowest BCUT2D eigenvalue weighted by Crippen LogP contribution is -2.37. The number of alkyl halides is 2. The van der Waals surface area contributed by atoms with Crippen LogP contribution in [0.1, 0.15) is 38.2 Å². The summed E-state index contributed by atoms with van der Waals surface area (Å²) in [5.74, 6) is 0.908. The first-order valence-corrected chi connectivity index (χ1v) is 9.08. The first-order chi connectivity index (χ1) is 11.5. The average Bonchev–Trinajstić information content (AvgIpc) is 3.05. The Morgan fingerprint density at radius 1 is 1.33 bits per heavy atom. The van der Waals surface area contributed by atoms with Crippen molar-refractivity contribution in [1.29, 1.82) is 0 Å². The van der Waals surface area contributed by atoms with Gasteiger partial charge in [-0.25, -0.2) is 0 Å². The molecule has 1 aromatic carbocycles. The van der Waals surface area contributed by atoms with E-state index in [0.29, 0.717) is 11.8 Å². The van der Waals surface area contributed by atoms with Gasteiger partial charge in [0.2, 0.25) is 5.91 Å². The van der Waals surface area contributed by atoms with Crippen LogP contribution in [0, 0.1) is 0 Å². The number of benzene rings is 1. The van der Waals surface area contributed by atoms with Crippen molar-refractivity contribution < 1.29 is 23.0 Å². The van der Waals surface area contributed by atoms with E-state index in [9.17, 15) is 13.6 Å². The quantitative estimate of drug-likeness (QED) is 0.763. The minimum atomic E-state index is -2.89. The molecule has 1 fully saturated rings. The van der Waals surface area contributed by atoms with Crippen molar-refractivity contribution in [3.8, 4) is 11.5 Å². The summed E-state index contributed by atoms with van der Waals surface area (Å²) in [6, 6.07) is 5.14. The lowest BCUT2D eigenvalue weighted by atomic mass is 10.2. The molecule has 134 valence electrons. The van der Waals surface area contributed by atoms with Crippen LogP contribution in [0.5, 0.6) is 11.5 Å². The summed E-state index contributed by atoms with van der Waals surface area (Å²) in [5, 5.41) is 2.91. The minimum Gasteiger partial charge on any atom is -0.493 e. The Morgan fingerprint density at radius 2 is 2.04 bits per heavy atom. The van der Waals surface area contributed by atoms with Crippen LogP contribution in [0.4, 0.5) is 8.78 Å². The zero-order chi connectivity index (χ0) is 17.5. The van der Waals surface area contributed by atoms with Gasteiger partial charge < -0.3 is 14.8 Å². The number of ether oxygens (including phenoxy) is 2. The molecule has 1 amide bonds. The number of methoxy groups -OCH3 is 1. The molecule has 0 aromatic heterocycles. The zero-order valence-electron chi connectivity index (χ0n) is 13.9. The Bertz CT molecular complexity index is 551. The van der Waals surface area contributed by atoms with Gasteiger partial charge in [0.05, 0.1) is 12.4 Å². The van der Waals surface area contributed by atoms with E-state index in [-0.39, 0.29) is 22.7 Å². The molecule has 0 bridgehead atoms. The highest BCUT2D eigenvalue weighted by Gasteiger charge is 2.21. The van der Waals surface area contributed by atoms with Gasteiger partial charge >= 0.3 is 6.61 Å². The van der Waals surface area contributed by atoms with E-state index < -0.39 is 6.61 Å². The molecule has 1 N–H and O–H groups in total. The molecule has 0 spiro atoms. The van der Waals surface area contributed by atoms with Crippen molar-refractivity contribution in [2.75, 3.05) is 7.11 Å². The summed E-state index contributed by atoms with van der Waals surface area (Å²) in [5.41, 5.74) is 0.888. The molecule has 1 aliphatic rings. The summed E-state index contributed by atoms with van der Waals surface area (Å²) in [7, 11) is 1.41. The Hall–Kier alpha value is -1.50. The second-order valence-corrected chi connectivity index (χ2v) is 7.14. The smallest absolute Gasteiger partial charge is 0.387 e. The Balaban J connectivity index is 1.87. The lowest BCUT2D eigenvalue weighted by Gasteiger charge is -2.17. The molecule has 24 heavy (non-hydrogen) atoms. The van der Waals surface area contributed by atoms with Crippen LogP contribution in [-0.4, -0.2) is 30.9 Å². The fraction of sp³-hybridized carbons (Fsp3) is 0.588. The average molecular weight is 359 g/mol. The van der Waals surface area contributed by atoms with Gasteiger partial charge in [0, 0.05) is 11.8 Å². The second-order valence-electron chi connectivity index (χ2n) is 5.81. The number of carbonyl (C=O) groups excluding carboxylic acids is 1. The predicted molar refractivity (Wildman–Crippen MR) is 90.8 cm³/mol. The first-order valence-electron chi connectivity index (χ1n) is 8.03. The fourth-order valence-corrected chi connectivity index (χ4v) is 3.52. The molecule has 0 saturated heterocycles. The maximum atomic E-state index is 12.3. The van der Waals surface area contributed by atoms with E-state index in [1.807, 2.05) is 6.92 Å². The summed E-state index contributed by atoms with van der Waals surface area (Å²) in [6.07, 6.45) is 4.48. The Kier molecular flexibility index (Phi) is 7.15. The molecule has 4 nitrogen and oxygen atoms in total. The van der Waals surface area contributed by atoms with Crippen molar-refractivity contribution in [3.63, 3.8) is 0 Å². The second kappa shape index (κ2) is 9.11. The zero-order valence-corrected chi connectivity index (χ0v) is 14.7. The number of nitrogens with one attached hydrogen (secondary N) is 1. The summed E-state index contributed by atoms with van der Waals surface area (Å²) in [4.78, 5) is 12.2. The van der Waals surface area contributed by atoms with Crippen LogP contribution in [0.3, 0.4) is 0 Å².